The van der Waals surface area contributed by atoms with E-state index >= 15 is 0 Å². The third-order valence-electron chi connectivity index (χ3n) is 4.21. The van der Waals surface area contributed by atoms with Gasteiger partial charge in [0.25, 0.3) is 0 Å². The van der Waals surface area contributed by atoms with Crippen molar-refractivity contribution >= 4 is 25.3 Å². The zero-order valence-corrected chi connectivity index (χ0v) is 19.4. The average molecular weight is 476 g/mol. The summed E-state index contributed by atoms with van der Waals surface area (Å²) in [5, 5.41) is 0. The molecule has 0 atom stereocenters. The molecule has 4 heteroatoms. The Labute approximate surface area is 189 Å². The van der Waals surface area contributed by atoms with E-state index in [1.54, 1.807) is 0 Å². The molecule has 1 nitrogen and oxygen atoms in total. The summed E-state index contributed by atoms with van der Waals surface area (Å²) in [5.74, 6) is 0. The summed E-state index contributed by atoms with van der Waals surface area (Å²) >= 11 is 9.68. The molecule has 0 unspecified atom stereocenters. The van der Waals surface area contributed by atoms with Gasteiger partial charge in [0, 0.05) is 21.1 Å². The van der Waals surface area contributed by atoms with Gasteiger partial charge in [0.15, 0.2) is 0 Å². The van der Waals surface area contributed by atoms with Gasteiger partial charge in [0.2, 0.25) is 0 Å². The number of hydrogen-bond donors (Lipinski definition) is 0. The zero-order valence-electron chi connectivity index (χ0n) is 15.7. The molecule has 0 amide bonds. The van der Waals surface area contributed by atoms with Gasteiger partial charge in [-0.25, -0.2) is 4.71 Å². The van der Waals surface area contributed by atoms with Crippen LogP contribution >= 0.6 is 0 Å². The Morgan fingerprint density at radius 2 is 1.15 bits per heavy atom. The summed E-state index contributed by atoms with van der Waals surface area (Å²) in [6, 6.07) is 29.3. The molecule has 0 aromatic carbocycles. The molecule has 0 radical (unpaired) electrons. The van der Waals surface area contributed by atoms with Gasteiger partial charge < -0.3 is 30.2 Å². The molecule has 0 saturated carbocycles. The minimum atomic E-state index is -0.120. The van der Waals surface area contributed by atoms with Gasteiger partial charge in [-0.15, -0.1) is 34.4 Å². The van der Waals surface area contributed by atoms with Crippen molar-refractivity contribution in [2.45, 2.75) is 18.6 Å². The first-order valence-corrected chi connectivity index (χ1v) is 9.86. The van der Waals surface area contributed by atoms with Crippen LogP contribution < -0.4 is 0 Å². The molecule has 4 rings (SSSR count). The Balaban J connectivity index is 0.000000200. The SMILES string of the molecule is CCN(CC)C([S-])[S-].[Mo].c1cc2cc[cH-]cc-2c1.c1cc2cc[cH-]cc-2c1. The maximum Gasteiger partial charge on any atom is 0 e. The van der Waals surface area contributed by atoms with Gasteiger partial charge in [-0.1, -0.05) is 38.1 Å². The molecule has 4 aliphatic rings. The molecule has 0 aliphatic heterocycles. The molecule has 0 aromatic heterocycles. The van der Waals surface area contributed by atoms with Crippen molar-refractivity contribution in [2.24, 2.45) is 0 Å². The van der Waals surface area contributed by atoms with Crippen LogP contribution in [0.3, 0.4) is 0 Å². The fraction of sp³-hybridized carbons (Fsp3) is 0.217. The Kier molecular flexibility index (Phi) is 11.8. The largest absolute Gasteiger partial charge is 0.800 e. The molecule has 0 fully saturated rings. The van der Waals surface area contributed by atoms with Crippen molar-refractivity contribution in [1.29, 1.82) is 0 Å². The van der Waals surface area contributed by atoms with E-state index in [4.69, 9.17) is 25.3 Å². The van der Waals surface area contributed by atoms with Crippen molar-refractivity contribution < 1.29 is 21.1 Å². The fourth-order valence-electron chi connectivity index (χ4n) is 2.66. The van der Waals surface area contributed by atoms with E-state index in [0.717, 1.165) is 13.1 Å². The second-order valence-electron chi connectivity index (χ2n) is 5.84. The van der Waals surface area contributed by atoms with Crippen molar-refractivity contribution in [1.82, 2.24) is 4.90 Å². The second-order valence-corrected chi connectivity index (χ2v) is 7.03. The van der Waals surface area contributed by atoms with Crippen LogP contribution in [0, 0.1) is 0 Å². The molecular weight excluding hydrogens is 450 g/mol. The third kappa shape index (κ3) is 7.87. The van der Waals surface area contributed by atoms with Crippen LogP contribution in [0.25, 0.3) is 22.3 Å². The minimum absolute atomic E-state index is 0. The number of hydrogen-bond acceptors (Lipinski definition) is 3. The van der Waals surface area contributed by atoms with Gasteiger partial charge in [-0.05, 0) is 13.1 Å². The predicted molar refractivity (Wildman–Crippen MR) is 119 cm³/mol. The van der Waals surface area contributed by atoms with Gasteiger partial charge in [0.05, 0.1) is 0 Å². The number of nitrogens with zero attached hydrogens (tertiary/aromatic N) is 1. The van der Waals surface area contributed by atoms with E-state index in [2.05, 4.69) is 98.8 Å². The van der Waals surface area contributed by atoms with E-state index in [1.165, 1.54) is 22.3 Å². The number of rotatable bonds is 3. The van der Waals surface area contributed by atoms with Crippen molar-refractivity contribution in [3.05, 3.63) is 84.9 Å². The second kappa shape index (κ2) is 13.2. The Bertz CT molecular complexity index is 675. The van der Waals surface area contributed by atoms with Crippen LogP contribution in [0.5, 0.6) is 0 Å². The quantitative estimate of drug-likeness (QED) is 0.212. The molecule has 0 saturated heterocycles. The molecular formula is C23H25MoNS2-4. The first-order valence-electron chi connectivity index (χ1n) is 8.92. The maximum absolute atomic E-state index is 4.84. The van der Waals surface area contributed by atoms with E-state index < -0.39 is 0 Å². The van der Waals surface area contributed by atoms with Gasteiger partial charge in [-0.3, -0.25) is 0 Å². The summed E-state index contributed by atoms with van der Waals surface area (Å²) in [4.78, 5) is 2.05. The normalized spacial score (nSPS) is 10.1. The number of benzene rings is 2. The average Bonchev–Trinajstić information content (AvgIpc) is 3.32. The van der Waals surface area contributed by atoms with Gasteiger partial charge in [0.1, 0.15) is 0 Å². The third-order valence-corrected chi connectivity index (χ3v) is 4.80. The molecule has 0 aromatic rings. The summed E-state index contributed by atoms with van der Waals surface area (Å²) in [5.41, 5.74) is 5.32. The smallest absolute Gasteiger partial charge is 0 e. The predicted octanol–water partition coefficient (Wildman–Crippen LogP) is 5.72. The Hall–Kier alpha value is -0.992. The van der Waals surface area contributed by atoms with Crippen LogP contribution in [0.15, 0.2) is 84.9 Å². The Morgan fingerprint density at radius 3 is 1.44 bits per heavy atom. The minimum Gasteiger partial charge on any atom is -0.800 e. The molecule has 27 heavy (non-hydrogen) atoms. The molecule has 0 N–H and O–H groups in total. The summed E-state index contributed by atoms with van der Waals surface area (Å²) < 4.78 is -0.120. The number of fused-ring (bicyclic) bond motifs is 2. The van der Waals surface area contributed by atoms with E-state index in [0.29, 0.717) is 0 Å². The summed E-state index contributed by atoms with van der Waals surface area (Å²) in [7, 11) is 0. The topological polar surface area (TPSA) is 3.24 Å². The molecule has 0 bridgehead atoms. The fourth-order valence-corrected chi connectivity index (χ4v) is 3.26. The molecule has 0 spiro atoms. The molecule has 144 valence electrons. The summed E-state index contributed by atoms with van der Waals surface area (Å²) in [6.45, 7) is 6.06. The van der Waals surface area contributed by atoms with Crippen LogP contribution in [0.4, 0.5) is 0 Å². The van der Waals surface area contributed by atoms with Crippen LogP contribution in [-0.2, 0) is 46.3 Å². The van der Waals surface area contributed by atoms with Crippen molar-refractivity contribution in [3.8, 4) is 22.3 Å². The van der Waals surface area contributed by atoms with Gasteiger partial charge in [-0.2, -0.15) is 48.5 Å². The van der Waals surface area contributed by atoms with Crippen LogP contribution in [0.1, 0.15) is 13.8 Å². The first kappa shape index (κ1) is 24.0. The van der Waals surface area contributed by atoms with Crippen LogP contribution in [0.2, 0.25) is 0 Å². The summed E-state index contributed by atoms with van der Waals surface area (Å²) in [6.07, 6.45) is 0. The van der Waals surface area contributed by atoms with Crippen molar-refractivity contribution in [2.75, 3.05) is 13.1 Å². The van der Waals surface area contributed by atoms with Crippen molar-refractivity contribution in [3.63, 3.8) is 0 Å². The van der Waals surface area contributed by atoms with Gasteiger partial charge >= 0.3 is 0 Å². The molecule has 0 heterocycles. The molecule has 4 aliphatic carbocycles. The zero-order chi connectivity index (χ0) is 18.8. The van der Waals surface area contributed by atoms with Crippen LogP contribution in [-0.4, -0.2) is 22.7 Å². The van der Waals surface area contributed by atoms with E-state index in [-0.39, 0.29) is 25.8 Å². The Morgan fingerprint density at radius 1 is 0.741 bits per heavy atom. The first-order chi connectivity index (χ1) is 12.7. The standard InChI is InChI=1S/2C9H7.C5H13NS2.Mo/c2*1-2-5-9-7-3-6-8(9)4-1;1-3-6(4-2)5(7)8;/h2*1-7H;5,7-8H,3-4H2,1-2H3;/q2*-1;;/p-2. The van der Waals surface area contributed by atoms with E-state index in [1.807, 2.05) is 4.90 Å². The van der Waals surface area contributed by atoms with E-state index in [9.17, 15) is 0 Å². The monoisotopic (exact) mass is 477 g/mol. The maximum atomic E-state index is 4.84.